The van der Waals surface area contributed by atoms with Gasteiger partial charge in [-0.3, -0.25) is 9.58 Å². The quantitative estimate of drug-likeness (QED) is 0.850. The van der Waals surface area contributed by atoms with Crippen LogP contribution in [0.2, 0.25) is 0 Å². The second-order valence-corrected chi connectivity index (χ2v) is 6.45. The molecule has 1 aromatic carbocycles. The molecule has 0 atom stereocenters. The standard InChI is InChI=1S/C18H22F3N3O2/c19-18(20,21)26-16-3-1-2-14(12-16)13-23-8-5-15(6-9-23)17-4-7-22-24(17)10-11-25/h1-4,7,12,15,25H,5-6,8-11,13H2. The lowest BCUT2D eigenvalue weighted by atomic mass is 9.93. The Hall–Kier alpha value is -2.06. The van der Waals surface area contributed by atoms with E-state index in [4.69, 9.17) is 5.11 Å². The molecule has 1 fully saturated rings. The summed E-state index contributed by atoms with van der Waals surface area (Å²) >= 11 is 0. The summed E-state index contributed by atoms with van der Waals surface area (Å²) in [4.78, 5) is 2.23. The van der Waals surface area contributed by atoms with Gasteiger partial charge in [-0.05, 0) is 49.7 Å². The van der Waals surface area contributed by atoms with Crippen LogP contribution in [-0.4, -0.2) is 45.8 Å². The van der Waals surface area contributed by atoms with Crippen LogP contribution in [0.3, 0.4) is 0 Å². The molecule has 0 unspecified atom stereocenters. The number of nitrogens with zero attached hydrogens (tertiary/aromatic N) is 3. The van der Waals surface area contributed by atoms with Crippen molar-refractivity contribution in [3.8, 4) is 5.75 Å². The molecule has 0 radical (unpaired) electrons. The van der Waals surface area contributed by atoms with Crippen molar-refractivity contribution in [2.24, 2.45) is 0 Å². The second kappa shape index (κ2) is 8.09. The van der Waals surface area contributed by atoms with Gasteiger partial charge in [-0.25, -0.2) is 0 Å². The van der Waals surface area contributed by atoms with Gasteiger partial charge in [-0.2, -0.15) is 5.10 Å². The zero-order valence-electron chi connectivity index (χ0n) is 14.3. The van der Waals surface area contributed by atoms with Crippen molar-refractivity contribution >= 4 is 0 Å². The Kier molecular flexibility index (Phi) is 5.83. The van der Waals surface area contributed by atoms with Crippen molar-refractivity contribution in [3.63, 3.8) is 0 Å². The van der Waals surface area contributed by atoms with Crippen LogP contribution in [0.25, 0.3) is 0 Å². The lowest BCUT2D eigenvalue weighted by molar-refractivity contribution is -0.274. The third-order valence-corrected chi connectivity index (χ3v) is 4.61. The minimum Gasteiger partial charge on any atom is -0.406 e. The number of rotatable bonds is 6. The van der Waals surface area contributed by atoms with Crippen molar-refractivity contribution in [2.45, 2.75) is 38.2 Å². The summed E-state index contributed by atoms with van der Waals surface area (Å²) in [6.07, 6.45) is -1.01. The van der Waals surface area contributed by atoms with Gasteiger partial charge in [0.15, 0.2) is 0 Å². The van der Waals surface area contributed by atoms with Crippen molar-refractivity contribution in [3.05, 3.63) is 47.8 Å². The Balaban J connectivity index is 1.56. The first-order valence-electron chi connectivity index (χ1n) is 8.64. The van der Waals surface area contributed by atoms with Crippen molar-refractivity contribution in [2.75, 3.05) is 19.7 Å². The molecule has 142 valence electrons. The van der Waals surface area contributed by atoms with Gasteiger partial charge in [0.05, 0.1) is 13.2 Å². The molecule has 1 aliphatic rings. The molecule has 1 aliphatic heterocycles. The average Bonchev–Trinajstić information content (AvgIpc) is 3.03. The smallest absolute Gasteiger partial charge is 0.406 e. The van der Waals surface area contributed by atoms with Crippen LogP contribution in [0.4, 0.5) is 13.2 Å². The van der Waals surface area contributed by atoms with Crippen LogP contribution in [0, 0.1) is 0 Å². The predicted molar refractivity (Wildman–Crippen MR) is 89.7 cm³/mol. The van der Waals surface area contributed by atoms with E-state index in [-0.39, 0.29) is 12.4 Å². The number of ether oxygens (including phenoxy) is 1. The highest BCUT2D eigenvalue weighted by atomic mass is 19.4. The predicted octanol–water partition coefficient (Wildman–Crippen LogP) is 3.15. The van der Waals surface area contributed by atoms with E-state index in [1.165, 1.54) is 12.1 Å². The van der Waals surface area contributed by atoms with E-state index in [9.17, 15) is 13.2 Å². The van der Waals surface area contributed by atoms with Crippen molar-refractivity contribution in [1.82, 2.24) is 14.7 Å². The van der Waals surface area contributed by atoms with E-state index >= 15 is 0 Å². The van der Waals surface area contributed by atoms with E-state index in [1.54, 1.807) is 12.3 Å². The number of benzene rings is 1. The summed E-state index contributed by atoms with van der Waals surface area (Å²) in [5, 5.41) is 13.4. The SMILES string of the molecule is OCCn1nccc1C1CCN(Cc2cccc(OC(F)(F)F)c2)CC1. The van der Waals surface area contributed by atoms with E-state index < -0.39 is 6.36 Å². The maximum absolute atomic E-state index is 12.3. The van der Waals surface area contributed by atoms with Crippen molar-refractivity contribution in [1.29, 1.82) is 0 Å². The highest BCUT2D eigenvalue weighted by Gasteiger charge is 2.31. The number of likely N-dealkylation sites (tertiary alicyclic amines) is 1. The number of aliphatic hydroxyl groups excluding tert-OH is 1. The van der Waals surface area contributed by atoms with E-state index in [0.717, 1.165) is 37.2 Å². The van der Waals surface area contributed by atoms with Crippen molar-refractivity contribution < 1.29 is 23.0 Å². The molecule has 1 N–H and O–H groups in total. The highest BCUT2D eigenvalue weighted by Crippen LogP contribution is 2.29. The third kappa shape index (κ3) is 4.98. The summed E-state index contributed by atoms with van der Waals surface area (Å²) in [6.45, 7) is 2.87. The molecule has 2 heterocycles. The first-order chi connectivity index (χ1) is 12.4. The number of halogens is 3. The maximum Gasteiger partial charge on any atom is 0.573 e. The maximum atomic E-state index is 12.3. The fraction of sp³-hybridized carbons (Fsp3) is 0.500. The summed E-state index contributed by atoms with van der Waals surface area (Å²) in [5.74, 6) is 0.206. The summed E-state index contributed by atoms with van der Waals surface area (Å²) in [7, 11) is 0. The minimum absolute atomic E-state index is 0.0594. The number of piperidine rings is 1. The molecule has 0 aliphatic carbocycles. The number of aromatic nitrogens is 2. The van der Waals surface area contributed by atoms with Gasteiger partial charge >= 0.3 is 6.36 Å². The van der Waals surface area contributed by atoms with Crippen LogP contribution in [-0.2, 0) is 13.1 Å². The Morgan fingerprint density at radius 1 is 1.19 bits per heavy atom. The molecule has 0 spiro atoms. The fourth-order valence-electron chi connectivity index (χ4n) is 3.46. The van der Waals surface area contributed by atoms with E-state index in [1.807, 2.05) is 16.8 Å². The molecule has 0 amide bonds. The van der Waals surface area contributed by atoms with Gasteiger partial charge in [0, 0.05) is 24.4 Å². The largest absolute Gasteiger partial charge is 0.573 e. The van der Waals surface area contributed by atoms with Gasteiger partial charge in [0.2, 0.25) is 0 Å². The average molecular weight is 369 g/mol. The van der Waals surface area contributed by atoms with Gasteiger partial charge in [0.25, 0.3) is 0 Å². The zero-order chi connectivity index (χ0) is 18.6. The molecule has 1 saturated heterocycles. The number of aliphatic hydroxyl groups is 1. The molecule has 0 saturated carbocycles. The molecular weight excluding hydrogens is 347 g/mol. The van der Waals surface area contributed by atoms with Crippen LogP contribution < -0.4 is 4.74 Å². The summed E-state index contributed by atoms with van der Waals surface area (Å²) < 4.78 is 42.9. The summed E-state index contributed by atoms with van der Waals surface area (Å²) in [5.41, 5.74) is 1.94. The number of alkyl halides is 3. The Bertz CT molecular complexity index is 710. The van der Waals surface area contributed by atoms with E-state index in [2.05, 4.69) is 14.7 Å². The molecule has 1 aromatic heterocycles. The van der Waals surface area contributed by atoms with Crippen LogP contribution in [0.15, 0.2) is 36.5 Å². The molecule has 8 heteroatoms. The van der Waals surface area contributed by atoms with Gasteiger partial charge in [0.1, 0.15) is 5.75 Å². The molecule has 0 bridgehead atoms. The molecule has 26 heavy (non-hydrogen) atoms. The van der Waals surface area contributed by atoms with Gasteiger partial charge in [-0.1, -0.05) is 12.1 Å². The molecule has 2 aromatic rings. The number of hydrogen-bond donors (Lipinski definition) is 1. The zero-order valence-corrected chi connectivity index (χ0v) is 14.3. The molecule has 5 nitrogen and oxygen atoms in total. The Morgan fingerprint density at radius 3 is 2.65 bits per heavy atom. The van der Waals surface area contributed by atoms with Crippen LogP contribution in [0.1, 0.15) is 30.0 Å². The normalized spacial score (nSPS) is 16.8. The van der Waals surface area contributed by atoms with E-state index in [0.29, 0.717) is 19.0 Å². The molecule has 3 rings (SSSR count). The minimum atomic E-state index is -4.67. The summed E-state index contributed by atoms with van der Waals surface area (Å²) in [6, 6.07) is 8.14. The van der Waals surface area contributed by atoms with Crippen LogP contribution >= 0.6 is 0 Å². The first-order valence-corrected chi connectivity index (χ1v) is 8.64. The number of hydrogen-bond acceptors (Lipinski definition) is 4. The van der Waals surface area contributed by atoms with Gasteiger partial charge in [-0.15, -0.1) is 13.2 Å². The Labute approximate surface area is 150 Å². The lowest BCUT2D eigenvalue weighted by Crippen LogP contribution is -2.33. The first kappa shape index (κ1) is 18.7. The monoisotopic (exact) mass is 369 g/mol. The second-order valence-electron chi connectivity index (χ2n) is 6.45. The Morgan fingerprint density at radius 2 is 1.96 bits per heavy atom. The van der Waals surface area contributed by atoms with Crippen LogP contribution in [0.5, 0.6) is 5.75 Å². The lowest BCUT2D eigenvalue weighted by Gasteiger charge is -2.32. The topological polar surface area (TPSA) is 50.5 Å². The van der Waals surface area contributed by atoms with Gasteiger partial charge < -0.3 is 9.84 Å². The third-order valence-electron chi connectivity index (χ3n) is 4.61. The highest BCUT2D eigenvalue weighted by molar-refractivity contribution is 5.28. The molecular formula is C18H22F3N3O2. The fourth-order valence-corrected chi connectivity index (χ4v) is 3.46.